The van der Waals surface area contributed by atoms with Crippen molar-refractivity contribution in [3.63, 3.8) is 0 Å². The van der Waals surface area contributed by atoms with Crippen LogP contribution in [0.2, 0.25) is 0 Å². The summed E-state index contributed by atoms with van der Waals surface area (Å²) < 4.78 is 1.50. The molecule has 1 N–H and O–H groups in total. The van der Waals surface area contributed by atoms with Crippen LogP contribution in [0.25, 0.3) is 5.95 Å². The molecule has 148 valence electrons. The molecule has 2 amide bonds. The summed E-state index contributed by atoms with van der Waals surface area (Å²) in [7, 11) is 3.35. The molecule has 9 nitrogen and oxygen atoms in total. The highest BCUT2D eigenvalue weighted by Gasteiger charge is 2.41. The zero-order valence-electron chi connectivity index (χ0n) is 16.4. The van der Waals surface area contributed by atoms with Crippen LogP contribution in [0.1, 0.15) is 49.4 Å². The minimum absolute atomic E-state index is 0.0826. The van der Waals surface area contributed by atoms with Crippen molar-refractivity contribution in [2.45, 2.75) is 51.1 Å². The molecular formula is C19H25N7O2. The van der Waals surface area contributed by atoms with Crippen LogP contribution in [0.15, 0.2) is 18.6 Å². The standard InChI is InChI=1S/C19H25N7O2/c1-4-14-18(28)24(3)15-10-21-19(25-11-12(9-22-25)17(27)20-2)23-16(15)26(14)13-7-5-6-8-13/h9-11,13-14H,4-8H2,1-3H3,(H,20,27)/t14-/m1/s1. The molecule has 4 rings (SSSR count). The van der Waals surface area contributed by atoms with Gasteiger partial charge in [0.05, 0.1) is 18.0 Å². The van der Waals surface area contributed by atoms with Crippen molar-refractivity contribution in [1.82, 2.24) is 25.1 Å². The van der Waals surface area contributed by atoms with E-state index in [1.165, 1.54) is 23.7 Å². The second-order valence-electron chi connectivity index (χ2n) is 7.30. The van der Waals surface area contributed by atoms with Crippen molar-refractivity contribution in [3.8, 4) is 5.95 Å². The maximum atomic E-state index is 12.9. The van der Waals surface area contributed by atoms with Crippen molar-refractivity contribution < 1.29 is 9.59 Å². The first-order chi connectivity index (χ1) is 13.5. The smallest absolute Gasteiger partial charge is 0.254 e. The maximum Gasteiger partial charge on any atom is 0.254 e. The van der Waals surface area contributed by atoms with E-state index in [0.717, 1.165) is 25.1 Å². The van der Waals surface area contributed by atoms with Gasteiger partial charge in [0, 0.05) is 26.3 Å². The second kappa shape index (κ2) is 7.21. The fourth-order valence-corrected chi connectivity index (χ4v) is 4.18. The molecule has 3 heterocycles. The van der Waals surface area contributed by atoms with E-state index < -0.39 is 0 Å². The van der Waals surface area contributed by atoms with E-state index in [0.29, 0.717) is 23.2 Å². The highest BCUT2D eigenvalue weighted by Crippen LogP contribution is 2.39. The van der Waals surface area contributed by atoms with Crippen molar-refractivity contribution in [2.24, 2.45) is 0 Å². The van der Waals surface area contributed by atoms with Crippen LogP contribution < -0.4 is 15.1 Å². The largest absolute Gasteiger partial charge is 0.355 e. The Morgan fingerprint density at radius 1 is 1.29 bits per heavy atom. The lowest BCUT2D eigenvalue weighted by atomic mass is 10.0. The lowest BCUT2D eigenvalue weighted by molar-refractivity contribution is -0.120. The number of likely N-dealkylation sites (N-methyl/N-ethyl adjacent to an activating group) is 1. The number of rotatable bonds is 4. The molecule has 0 radical (unpaired) electrons. The van der Waals surface area contributed by atoms with E-state index in [1.54, 1.807) is 31.4 Å². The molecule has 2 aliphatic rings. The topological polar surface area (TPSA) is 96.2 Å². The van der Waals surface area contributed by atoms with Crippen LogP contribution in [-0.2, 0) is 4.79 Å². The van der Waals surface area contributed by atoms with Crippen LogP contribution in [0.5, 0.6) is 0 Å². The first-order valence-electron chi connectivity index (χ1n) is 9.75. The van der Waals surface area contributed by atoms with Gasteiger partial charge in [-0.15, -0.1) is 0 Å². The quantitative estimate of drug-likeness (QED) is 0.860. The molecule has 1 aliphatic heterocycles. The normalized spacial score (nSPS) is 19.8. The van der Waals surface area contributed by atoms with Gasteiger partial charge in [-0.1, -0.05) is 19.8 Å². The Morgan fingerprint density at radius 2 is 2.04 bits per heavy atom. The number of carbonyl (C=O) groups is 2. The number of nitrogens with zero attached hydrogens (tertiary/aromatic N) is 6. The van der Waals surface area contributed by atoms with Crippen molar-refractivity contribution in [1.29, 1.82) is 0 Å². The number of amides is 2. The molecule has 1 fully saturated rings. The number of hydrogen-bond donors (Lipinski definition) is 1. The molecule has 28 heavy (non-hydrogen) atoms. The van der Waals surface area contributed by atoms with E-state index in [2.05, 4.69) is 20.3 Å². The Hall–Kier alpha value is -2.97. The third-order valence-corrected chi connectivity index (χ3v) is 5.68. The summed E-state index contributed by atoms with van der Waals surface area (Å²) in [6.07, 6.45) is 9.96. The fourth-order valence-electron chi connectivity index (χ4n) is 4.18. The SMILES string of the molecule is CC[C@@H]1C(=O)N(C)c2cnc(-n3cc(C(=O)NC)cn3)nc2N1C1CCCC1. The van der Waals surface area contributed by atoms with Gasteiger partial charge in [-0.25, -0.2) is 9.67 Å². The molecule has 0 saturated heterocycles. The number of fused-ring (bicyclic) bond motifs is 1. The Labute approximate surface area is 163 Å². The van der Waals surface area contributed by atoms with E-state index >= 15 is 0 Å². The van der Waals surface area contributed by atoms with Crippen LogP contribution in [0, 0.1) is 0 Å². The van der Waals surface area contributed by atoms with Gasteiger partial charge >= 0.3 is 0 Å². The predicted octanol–water partition coefficient (Wildman–Crippen LogP) is 1.53. The zero-order valence-corrected chi connectivity index (χ0v) is 16.4. The summed E-state index contributed by atoms with van der Waals surface area (Å²) in [5.74, 6) is 1.02. The van der Waals surface area contributed by atoms with Crippen LogP contribution >= 0.6 is 0 Å². The van der Waals surface area contributed by atoms with Gasteiger partial charge in [0.2, 0.25) is 5.91 Å². The average Bonchev–Trinajstić information content (AvgIpc) is 3.41. The number of carbonyl (C=O) groups excluding carboxylic acids is 2. The minimum Gasteiger partial charge on any atom is -0.355 e. The first-order valence-corrected chi connectivity index (χ1v) is 9.75. The summed E-state index contributed by atoms with van der Waals surface area (Å²) in [6.45, 7) is 2.04. The third kappa shape index (κ3) is 2.90. The first kappa shape index (κ1) is 18.4. The molecule has 2 aromatic heterocycles. The van der Waals surface area contributed by atoms with Gasteiger partial charge in [0.1, 0.15) is 11.7 Å². The monoisotopic (exact) mass is 383 g/mol. The molecule has 0 aromatic carbocycles. The van der Waals surface area contributed by atoms with Crippen molar-refractivity contribution in [3.05, 3.63) is 24.2 Å². The second-order valence-corrected chi connectivity index (χ2v) is 7.30. The molecule has 0 bridgehead atoms. The molecule has 0 spiro atoms. The Balaban J connectivity index is 1.78. The molecular weight excluding hydrogens is 358 g/mol. The van der Waals surface area contributed by atoms with Crippen LogP contribution in [0.4, 0.5) is 11.5 Å². The lowest BCUT2D eigenvalue weighted by Crippen LogP contribution is -2.55. The number of nitrogens with one attached hydrogen (secondary N) is 1. The van der Waals surface area contributed by atoms with Gasteiger partial charge in [0.25, 0.3) is 11.9 Å². The molecule has 1 aliphatic carbocycles. The van der Waals surface area contributed by atoms with Crippen molar-refractivity contribution >= 4 is 23.3 Å². The van der Waals surface area contributed by atoms with Crippen molar-refractivity contribution in [2.75, 3.05) is 23.9 Å². The Bertz CT molecular complexity index is 903. The van der Waals surface area contributed by atoms with E-state index in [-0.39, 0.29) is 17.9 Å². The molecule has 0 unspecified atom stereocenters. The predicted molar refractivity (Wildman–Crippen MR) is 105 cm³/mol. The summed E-state index contributed by atoms with van der Waals surface area (Å²) in [6, 6.07) is 0.0885. The highest BCUT2D eigenvalue weighted by atomic mass is 16.2. The molecule has 1 saturated carbocycles. The van der Waals surface area contributed by atoms with Gasteiger partial charge in [-0.05, 0) is 19.3 Å². The van der Waals surface area contributed by atoms with Gasteiger partial charge in [-0.2, -0.15) is 10.1 Å². The molecule has 1 atom stereocenters. The number of aromatic nitrogens is 4. The highest BCUT2D eigenvalue weighted by molar-refractivity contribution is 6.04. The maximum absolute atomic E-state index is 12.9. The lowest BCUT2D eigenvalue weighted by Gasteiger charge is -2.43. The fraction of sp³-hybridized carbons (Fsp3) is 0.526. The third-order valence-electron chi connectivity index (χ3n) is 5.68. The Kier molecular flexibility index (Phi) is 4.74. The van der Waals surface area contributed by atoms with E-state index in [9.17, 15) is 9.59 Å². The summed E-state index contributed by atoms with van der Waals surface area (Å²) in [4.78, 5) is 37.8. The Morgan fingerprint density at radius 3 is 2.71 bits per heavy atom. The average molecular weight is 383 g/mol. The molecule has 2 aromatic rings. The summed E-state index contributed by atoms with van der Waals surface area (Å²) in [5, 5.41) is 6.81. The summed E-state index contributed by atoms with van der Waals surface area (Å²) in [5.41, 5.74) is 1.15. The van der Waals surface area contributed by atoms with E-state index in [4.69, 9.17) is 4.98 Å². The van der Waals surface area contributed by atoms with Gasteiger partial charge in [0.15, 0.2) is 5.82 Å². The van der Waals surface area contributed by atoms with Crippen LogP contribution in [0.3, 0.4) is 0 Å². The minimum atomic E-state index is -0.220. The molecule has 9 heteroatoms. The zero-order chi connectivity index (χ0) is 19.8. The number of anilines is 2. The van der Waals surface area contributed by atoms with E-state index in [1.807, 2.05) is 6.92 Å². The van der Waals surface area contributed by atoms with Gasteiger partial charge in [-0.3, -0.25) is 9.59 Å². The summed E-state index contributed by atoms with van der Waals surface area (Å²) >= 11 is 0. The number of hydrogen-bond acceptors (Lipinski definition) is 6. The van der Waals surface area contributed by atoms with Gasteiger partial charge < -0.3 is 15.1 Å². The van der Waals surface area contributed by atoms with Crippen LogP contribution in [-0.4, -0.2) is 57.7 Å².